The summed E-state index contributed by atoms with van der Waals surface area (Å²) < 4.78 is 0. The first-order valence-corrected chi connectivity index (χ1v) is 9.19. The Labute approximate surface area is 136 Å². The molecule has 0 bridgehead atoms. The van der Waals surface area contributed by atoms with Gasteiger partial charge in [0.25, 0.3) is 0 Å². The highest BCUT2D eigenvalue weighted by atomic mass is 35.5. The molecule has 1 atom stereocenters. The zero-order chi connectivity index (χ0) is 13.9. The predicted molar refractivity (Wildman–Crippen MR) is 90.0 cm³/mol. The Hall–Kier alpha value is -0.420. The summed E-state index contributed by atoms with van der Waals surface area (Å²) in [6, 6.07) is 9.77. The fourth-order valence-corrected chi connectivity index (χ4v) is 5.26. The number of rotatable bonds is 2. The summed E-state index contributed by atoms with van der Waals surface area (Å²) >= 11 is 16.5. The molecule has 1 aliphatic heterocycles. The number of nitrogens with zero attached hydrogens (tertiary/aromatic N) is 2. The highest BCUT2D eigenvalue weighted by Gasteiger charge is 2.22. The predicted octanol–water partition coefficient (Wildman–Crippen LogP) is 4.97. The highest BCUT2D eigenvalue weighted by molar-refractivity contribution is 8.06. The van der Waals surface area contributed by atoms with Crippen LogP contribution in [0.3, 0.4) is 0 Å². The number of halogens is 2. The minimum Gasteiger partial charge on any atom is -0.219 e. The second-order valence-electron chi connectivity index (χ2n) is 4.34. The van der Waals surface area contributed by atoms with Crippen molar-refractivity contribution >= 4 is 46.7 Å². The average Bonchev–Trinajstić information content (AvgIpc) is 2.48. The maximum atomic E-state index is 6.34. The highest BCUT2D eigenvalue weighted by Crippen LogP contribution is 2.38. The van der Waals surface area contributed by atoms with Crippen molar-refractivity contribution in [3.8, 4) is 11.1 Å². The van der Waals surface area contributed by atoms with Gasteiger partial charge in [0.05, 0.1) is 10.8 Å². The molecular formula is C14H12Cl2N2S2. The van der Waals surface area contributed by atoms with Gasteiger partial charge in [-0.1, -0.05) is 53.5 Å². The molecule has 1 fully saturated rings. The molecule has 0 N–H and O–H groups in total. The standard InChI is InChI=1S/C14H12Cl2N2S2/c15-12-11(9-4-2-1-3-5-9)13(16)18-14(17-12)10-8-19-6-7-20-10/h1-5,10H,6-8H2. The zero-order valence-corrected chi connectivity index (χ0v) is 13.7. The van der Waals surface area contributed by atoms with Crippen molar-refractivity contribution in [2.24, 2.45) is 0 Å². The summed E-state index contributed by atoms with van der Waals surface area (Å²) in [6.45, 7) is 0. The van der Waals surface area contributed by atoms with Gasteiger partial charge in [-0.3, -0.25) is 0 Å². The Bertz CT molecular complexity index is 578. The number of hydrogen-bond donors (Lipinski definition) is 0. The summed E-state index contributed by atoms with van der Waals surface area (Å²) in [5.41, 5.74) is 1.66. The maximum Gasteiger partial charge on any atom is 0.145 e. The second-order valence-corrected chi connectivity index (χ2v) is 7.52. The van der Waals surface area contributed by atoms with E-state index < -0.39 is 0 Å². The topological polar surface area (TPSA) is 25.8 Å². The molecule has 0 saturated carbocycles. The number of thioether (sulfide) groups is 2. The minimum absolute atomic E-state index is 0.286. The maximum absolute atomic E-state index is 6.34. The second kappa shape index (κ2) is 6.56. The lowest BCUT2D eigenvalue weighted by atomic mass is 10.1. The fourth-order valence-electron chi connectivity index (χ4n) is 2.05. The van der Waals surface area contributed by atoms with E-state index >= 15 is 0 Å². The molecule has 1 unspecified atom stereocenters. The first kappa shape index (κ1) is 14.5. The molecular weight excluding hydrogens is 331 g/mol. The largest absolute Gasteiger partial charge is 0.219 e. The summed E-state index contributed by atoms with van der Waals surface area (Å²) in [4.78, 5) is 8.94. The van der Waals surface area contributed by atoms with Crippen molar-refractivity contribution in [1.82, 2.24) is 9.97 Å². The number of hydrogen-bond acceptors (Lipinski definition) is 4. The molecule has 6 heteroatoms. The van der Waals surface area contributed by atoms with Gasteiger partial charge < -0.3 is 0 Å². The normalized spacial score (nSPS) is 19.0. The third kappa shape index (κ3) is 3.08. The van der Waals surface area contributed by atoms with Gasteiger partial charge in [-0.25, -0.2) is 9.97 Å². The molecule has 2 heterocycles. The fraction of sp³-hybridized carbons (Fsp3) is 0.286. The van der Waals surface area contributed by atoms with Gasteiger partial charge in [0.2, 0.25) is 0 Å². The molecule has 1 aromatic heterocycles. The summed E-state index contributed by atoms with van der Waals surface area (Å²) in [5, 5.41) is 1.15. The van der Waals surface area contributed by atoms with Crippen molar-refractivity contribution in [1.29, 1.82) is 0 Å². The molecule has 20 heavy (non-hydrogen) atoms. The van der Waals surface area contributed by atoms with Crippen molar-refractivity contribution in [3.05, 3.63) is 46.5 Å². The lowest BCUT2D eigenvalue weighted by Gasteiger charge is -2.20. The molecule has 0 spiro atoms. The molecule has 104 valence electrons. The van der Waals surface area contributed by atoms with Crippen LogP contribution in [0.25, 0.3) is 11.1 Å². The van der Waals surface area contributed by atoms with Gasteiger partial charge in [-0.15, -0.1) is 11.8 Å². The van der Waals surface area contributed by atoms with E-state index in [0.717, 1.165) is 22.9 Å². The molecule has 2 aromatic rings. The number of aromatic nitrogens is 2. The van der Waals surface area contributed by atoms with Crippen molar-refractivity contribution in [2.45, 2.75) is 5.25 Å². The van der Waals surface area contributed by atoms with Crippen LogP contribution in [-0.2, 0) is 0 Å². The first-order chi connectivity index (χ1) is 9.75. The molecule has 0 amide bonds. The Balaban J connectivity index is 1.98. The van der Waals surface area contributed by atoms with Gasteiger partial charge in [0.1, 0.15) is 16.1 Å². The molecule has 0 radical (unpaired) electrons. The van der Waals surface area contributed by atoms with Gasteiger partial charge in [0, 0.05) is 17.3 Å². The lowest BCUT2D eigenvalue weighted by molar-refractivity contribution is 0.925. The molecule has 0 aliphatic carbocycles. The first-order valence-electron chi connectivity index (χ1n) is 6.23. The summed E-state index contributed by atoms with van der Waals surface area (Å²) in [6.07, 6.45) is 0. The van der Waals surface area contributed by atoms with Crippen molar-refractivity contribution < 1.29 is 0 Å². The van der Waals surface area contributed by atoms with E-state index in [1.165, 1.54) is 5.75 Å². The van der Waals surface area contributed by atoms with Crippen LogP contribution < -0.4 is 0 Å². The molecule has 1 aromatic carbocycles. The van der Waals surface area contributed by atoms with Crippen LogP contribution in [-0.4, -0.2) is 27.2 Å². The van der Waals surface area contributed by atoms with Crippen LogP contribution >= 0.6 is 46.7 Å². The van der Waals surface area contributed by atoms with Gasteiger partial charge in [-0.2, -0.15) is 11.8 Å². The van der Waals surface area contributed by atoms with E-state index in [-0.39, 0.29) is 5.25 Å². The molecule has 2 nitrogen and oxygen atoms in total. The van der Waals surface area contributed by atoms with Gasteiger partial charge in [0.15, 0.2) is 0 Å². The third-order valence-corrected chi connectivity index (χ3v) is 6.30. The van der Waals surface area contributed by atoms with Crippen LogP contribution in [0.1, 0.15) is 11.1 Å². The smallest absolute Gasteiger partial charge is 0.145 e. The SMILES string of the molecule is Clc1nc(C2CSCCS2)nc(Cl)c1-c1ccccc1. The van der Waals surface area contributed by atoms with E-state index in [0.29, 0.717) is 15.9 Å². The minimum atomic E-state index is 0.286. The Morgan fingerprint density at radius 2 is 1.70 bits per heavy atom. The Morgan fingerprint density at radius 3 is 2.30 bits per heavy atom. The zero-order valence-electron chi connectivity index (χ0n) is 10.6. The Morgan fingerprint density at radius 1 is 1.00 bits per heavy atom. The van der Waals surface area contributed by atoms with E-state index in [2.05, 4.69) is 9.97 Å². The van der Waals surface area contributed by atoms with Gasteiger partial charge >= 0.3 is 0 Å². The van der Waals surface area contributed by atoms with Crippen LogP contribution in [0.4, 0.5) is 0 Å². The van der Waals surface area contributed by atoms with Crippen molar-refractivity contribution in [2.75, 3.05) is 17.3 Å². The van der Waals surface area contributed by atoms with Crippen LogP contribution in [0.2, 0.25) is 10.3 Å². The molecule has 1 aliphatic rings. The van der Waals surface area contributed by atoms with E-state index in [9.17, 15) is 0 Å². The summed E-state index contributed by atoms with van der Waals surface area (Å²) in [7, 11) is 0. The Kier molecular flexibility index (Phi) is 4.76. The summed E-state index contributed by atoms with van der Waals surface area (Å²) in [5.74, 6) is 4.07. The van der Waals surface area contributed by atoms with E-state index in [1.54, 1.807) is 0 Å². The van der Waals surface area contributed by atoms with Crippen molar-refractivity contribution in [3.63, 3.8) is 0 Å². The quantitative estimate of drug-likeness (QED) is 0.719. The average molecular weight is 343 g/mol. The van der Waals surface area contributed by atoms with Crippen LogP contribution in [0, 0.1) is 0 Å². The molecule has 1 saturated heterocycles. The lowest BCUT2D eigenvalue weighted by Crippen LogP contribution is -2.11. The monoisotopic (exact) mass is 342 g/mol. The van der Waals surface area contributed by atoms with Crippen LogP contribution in [0.15, 0.2) is 30.3 Å². The number of benzene rings is 1. The van der Waals surface area contributed by atoms with E-state index in [1.807, 2.05) is 53.9 Å². The van der Waals surface area contributed by atoms with E-state index in [4.69, 9.17) is 23.2 Å². The molecule has 3 rings (SSSR count). The van der Waals surface area contributed by atoms with Crippen LogP contribution in [0.5, 0.6) is 0 Å². The van der Waals surface area contributed by atoms with Gasteiger partial charge in [-0.05, 0) is 5.56 Å². The third-order valence-electron chi connectivity index (χ3n) is 3.00.